The van der Waals surface area contributed by atoms with Crippen LogP contribution in [0.3, 0.4) is 0 Å². The van der Waals surface area contributed by atoms with Crippen LogP contribution in [-0.2, 0) is 109 Å². The molecule has 24 nitrogen and oxygen atoms in total. The number of rotatable bonds is 47. The predicted octanol–water partition coefficient (Wildman–Crippen LogP) is 13.6. The summed E-state index contributed by atoms with van der Waals surface area (Å²) in [6.07, 6.45) is 42.8. The van der Waals surface area contributed by atoms with E-state index >= 15 is 0 Å². The molecule has 0 spiro atoms. The summed E-state index contributed by atoms with van der Waals surface area (Å²) in [5.41, 5.74) is 0. The molecule has 0 bridgehead atoms. The molecule has 0 saturated carbocycles. The van der Waals surface area contributed by atoms with E-state index in [2.05, 4.69) is 95.1 Å². The SMILES string of the molecule is C#CCOP(=O)(OCC#C)OCC#C.C#CCOP(=O)(OCC#C)OCCC.C#CCOP(=O)(OCCC)OCCC.C=CCOP(=O)(OCC)OCC=C.C=CCOP(=O)(OCC=C)OCC=C.C=CCOP(=O)(OCC=C)OCCC. The van der Waals surface area contributed by atoms with Gasteiger partial charge in [0.05, 0.1) is 79.3 Å². The summed E-state index contributed by atoms with van der Waals surface area (Å²) in [5.74, 6) is 12.9. The Balaban J connectivity index is -0.000000214. The molecule has 0 aromatic rings. The molecule has 0 aromatic heterocycles. The summed E-state index contributed by atoms with van der Waals surface area (Å²) in [6, 6.07) is 0. The molecular weight excluding hydrogens is 1210 g/mol. The topological polar surface area (TPSA) is 269 Å². The minimum absolute atomic E-state index is 0.0648. The van der Waals surface area contributed by atoms with E-state index in [0.717, 1.165) is 19.3 Å². The van der Waals surface area contributed by atoms with Gasteiger partial charge in [-0.05, 0) is 32.6 Å². The fourth-order valence-corrected chi connectivity index (χ4v) is 10.0. The molecule has 0 amide bonds. The highest BCUT2D eigenvalue weighted by atomic mass is 31.2. The van der Waals surface area contributed by atoms with E-state index in [0.29, 0.717) is 26.2 Å². The third kappa shape index (κ3) is 62.6. The van der Waals surface area contributed by atoms with Gasteiger partial charge in [-0.25, -0.2) is 27.4 Å². The summed E-state index contributed by atoms with van der Waals surface area (Å²) in [5, 5.41) is 0. The van der Waals surface area contributed by atoms with Gasteiger partial charge >= 0.3 is 46.9 Å². The van der Waals surface area contributed by atoms with Crippen molar-refractivity contribution in [2.75, 3.05) is 119 Å². The van der Waals surface area contributed by atoms with Crippen molar-refractivity contribution in [1.29, 1.82) is 0 Å². The highest BCUT2D eigenvalue weighted by Crippen LogP contribution is 2.52. The molecular formula is C53H86O24P6. The van der Waals surface area contributed by atoms with E-state index in [4.69, 9.17) is 106 Å². The Morgan fingerprint density at radius 1 is 0.265 bits per heavy atom. The smallest absolute Gasteiger partial charge is 0.287 e. The van der Waals surface area contributed by atoms with Crippen LogP contribution in [0.25, 0.3) is 0 Å². The molecule has 30 heteroatoms. The second kappa shape index (κ2) is 64.2. The number of terminal acetylenes is 6. The Bertz CT molecular complexity index is 2130. The van der Waals surface area contributed by atoms with Crippen LogP contribution in [0.1, 0.15) is 60.3 Å². The van der Waals surface area contributed by atoms with Gasteiger partial charge in [-0.15, -0.1) is 84.6 Å². The summed E-state index contributed by atoms with van der Waals surface area (Å²) >= 11 is 0. The highest BCUT2D eigenvalue weighted by molar-refractivity contribution is 7.49. The van der Waals surface area contributed by atoms with E-state index in [1.165, 1.54) is 42.5 Å². The van der Waals surface area contributed by atoms with E-state index < -0.39 is 46.9 Å². The standard InChI is InChI=1S/2C9H17O4P.C9H15O4P.C9H13O4P.C9H9O4P.C8H15O4P/c5*1-4-7-11-14(10,12-8-5-2)13-9-6-3;1-4-7-11-13(9,10-6-3)12-8-5-2/h4-5H,1-2,6-9H2,3H3;1H,5-9H2,2-3H3;4-6H,1-3,7-9H2;1-2H,6-9H2,3H3;1-3H,7-9H2;4-5H,1-2,6-8H2,3H3. The Hall–Kier alpha value is -3.80. The summed E-state index contributed by atoms with van der Waals surface area (Å²) in [7, 11) is -21.0. The quantitative estimate of drug-likeness (QED) is 0.0311. The Labute approximate surface area is 495 Å². The van der Waals surface area contributed by atoms with Crippen LogP contribution in [0.5, 0.6) is 0 Å². The molecule has 0 radical (unpaired) electrons. The summed E-state index contributed by atoms with van der Waals surface area (Å²) in [4.78, 5) is 0. The van der Waals surface area contributed by atoms with Crippen molar-refractivity contribution in [2.45, 2.75) is 60.3 Å². The van der Waals surface area contributed by atoms with Gasteiger partial charge in [0.15, 0.2) is 0 Å². The molecule has 0 fully saturated rings. The van der Waals surface area contributed by atoms with Crippen LogP contribution in [0.15, 0.2) is 88.6 Å². The molecule has 472 valence electrons. The zero-order chi connectivity index (χ0) is 64.5. The lowest BCUT2D eigenvalue weighted by molar-refractivity contribution is 0.123. The third-order valence-corrected chi connectivity index (χ3v) is 14.9. The van der Waals surface area contributed by atoms with Crippen molar-refractivity contribution in [1.82, 2.24) is 0 Å². The molecule has 0 unspecified atom stereocenters. The van der Waals surface area contributed by atoms with Gasteiger partial charge in [-0.2, -0.15) is 0 Å². The Morgan fingerprint density at radius 2 is 0.410 bits per heavy atom. The fraction of sp³-hybridized carbons (Fsp3) is 0.509. The highest BCUT2D eigenvalue weighted by Gasteiger charge is 2.29. The van der Waals surface area contributed by atoms with Crippen molar-refractivity contribution in [3.05, 3.63) is 88.6 Å². The molecule has 0 saturated heterocycles. The summed E-state index contributed by atoms with van der Waals surface area (Å²) in [6.45, 7) is 34.8. The zero-order valence-corrected chi connectivity index (χ0v) is 53.9. The largest absolute Gasteiger partial charge is 0.477 e. The first-order valence-corrected chi connectivity index (χ1v) is 33.4. The van der Waals surface area contributed by atoms with Crippen molar-refractivity contribution >= 4 is 46.9 Å². The molecule has 0 aliphatic heterocycles. The van der Waals surface area contributed by atoms with Crippen LogP contribution < -0.4 is 0 Å². The average molecular weight is 1290 g/mol. The lowest BCUT2D eigenvalue weighted by Crippen LogP contribution is -2.02. The second-order valence-corrected chi connectivity index (χ2v) is 23.4. The zero-order valence-electron chi connectivity index (χ0n) is 48.5. The number of hydrogen-bond acceptors (Lipinski definition) is 24. The van der Waals surface area contributed by atoms with Crippen LogP contribution in [0.4, 0.5) is 0 Å². The number of hydrogen-bond donors (Lipinski definition) is 0. The average Bonchev–Trinajstić information content (AvgIpc) is 3.49. The minimum Gasteiger partial charge on any atom is -0.287 e. The van der Waals surface area contributed by atoms with Gasteiger partial charge in [0.1, 0.15) is 39.6 Å². The van der Waals surface area contributed by atoms with Crippen LogP contribution in [0, 0.1) is 74.1 Å². The Morgan fingerprint density at radius 3 is 0.566 bits per heavy atom. The van der Waals surface area contributed by atoms with E-state index in [1.807, 2.05) is 27.7 Å². The molecule has 0 heterocycles. The predicted molar refractivity (Wildman–Crippen MR) is 324 cm³/mol. The first-order valence-electron chi connectivity index (χ1n) is 24.7. The Kier molecular flexibility index (Phi) is 69.9. The number of phosphoric ester groups is 6. The van der Waals surface area contributed by atoms with Crippen molar-refractivity contribution in [2.24, 2.45) is 0 Å². The van der Waals surface area contributed by atoms with E-state index in [1.54, 1.807) is 6.92 Å². The van der Waals surface area contributed by atoms with Crippen LogP contribution in [0.2, 0.25) is 0 Å². The third-order valence-electron chi connectivity index (χ3n) is 6.39. The molecule has 0 rings (SSSR count). The maximum absolute atomic E-state index is 11.7. The summed E-state index contributed by atoms with van der Waals surface area (Å²) < 4.78 is 157. The van der Waals surface area contributed by atoms with E-state index in [-0.39, 0.29) is 99.1 Å². The normalized spacial score (nSPS) is 10.8. The van der Waals surface area contributed by atoms with Crippen LogP contribution in [-0.4, -0.2) is 119 Å². The lowest BCUT2D eigenvalue weighted by Gasteiger charge is -2.15. The maximum Gasteiger partial charge on any atom is 0.477 e. The molecule has 0 N–H and O–H groups in total. The molecule has 83 heavy (non-hydrogen) atoms. The van der Waals surface area contributed by atoms with Gasteiger partial charge < -0.3 is 0 Å². The van der Waals surface area contributed by atoms with E-state index in [9.17, 15) is 27.4 Å². The first-order chi connectivity index (χ1) is 39.6. The van der Waals surface area contributed by atoms with Crippen molar-refractivity contribution in [3.63, 3.8) is 0 Å². The van der Waals surface area contributed by atoms with Gasteiger partial charge in [0, 0.05) is 0 Å². The first kappa shape index (κ1) is 90.4. The molecule has 0 aromatic carbocycles. The monoisotopic (exact) mass is 1290 g/mol. The molecule has 0 aliphatic carbocycles. The lowest BCUT2D eigenvalue weighted by atomic mass is 10.5. The van der Waals surface area contributed by atoms with Crippen LogP contribution >= 0.6 is 46.9 Å². The van der Waals surface area contributed by atoms with Gasteiger partial charge in [0.25, 0.3) is 0 Å². The minimum atomic E-state index is -3.70. The van der Waals surface area contributed by atoms with Crippen molar-refractivity contribution < 1.29 is 109 Å². The van der Waals surface area contributed by atoms with Gasteiger partial charge in [-0.3, -0.25) is 81.4 Å². The van der Waals surface area contributed by atoms with Crippen molar-refractivity contribution in [3.8, 4) is 74.1 Å². The maximum atomic E-state index is 11.7. The molecule has 0 aliphatic rings. The van der Waals surface area contributed by atoms with Gasteiger partial charge in [0.2, 0.25) is 0 Å². The fourth-order valence-electron chi connectivity index (χ4n) is 3.35. The second-order valence-electron chi connectivity index (χ2n) is 13.4. The number of phosphoric acid groups is 6. The van der Waals surface area contributed by atoms with Gasteiger partial charge in [-0.1, -0.05) is 106 Å². The molecule has 0 atom stereocenters.